The number of carbonyl (C=O) groups is 1. The number of amides is 1. The molecule has 0 bridgehead atoms. The summed E-state index contributed by atoms with van der Waals surface area (Å²) < 4.78 is 22.9. The van der Waals surface area contributed by atoms with Crippen molar-refractivity contribution in [3.8, 4) is 6.07 Å². The third-order valence-electron chi connectivity index (χ3n) is 3.84. The van der Waals surface area contributed by atoms with Crippen molar-refractivity contribution >= 4 is 21.4 Å². The molecule has 1 aliphatic rings. The first-order chi connectivity index (χ1) is 10.4. The van der Waals surface area contributed by atoms with Gasteiger partial charge < -0.3 is 10.2 Å². The zero-order valence-electron chi connectivity index (χ0n) is 12.4. The van der Waals surface area contributed by atoms with E-state index in [9.17, 15) is 13.2 Å². The molecule has 1 fully saturated rings. The molecule has 1 N–H and O–H groups in total. The highest BCUT2D eigenvalue weighted by Gasteiger charge is 2.30. The van der Waals surface area contributed by atoms with Crippen LogP contribution in [0.25, 0.3) is 0 Å². The Labute approximate surface area is 130 Å². The second-order valence-corrected chi connectivity index (χ2v) is 7.72. The molecule has 1 saturated heterocycles. The molecular formula is C15H19N3O3S. The fourth-order valence-electron chi connectivity index (χ4n) is 2.49. The van der Waals surface area contributed by atoms with E-state index in [2.05, 4.69) is 5.32 Å². The number of nitrogens with one attached hydrogen (secondary N) is 1. The number of carbonyl (C=O) groups excluding carboxylic acids is 1. The fraction of sp³-hybridized carbons (Fsp3) is 0.467. The summed E-state index contributed by atoms with van der Waals surface area (Å²) in [6.07, 6.45) is 0.879. The van der Waals surface area contributed by atoms with E-state index in [1.54, 1.807) is 24.3 Å². The summed E-state index contributed by atoms with van der Waals surface area (Å²) in [5.41, 5.74) is 0.923. The van der Waals surface area contributed by atoms with Crippen LogP contribution in [0.15, 0.2) is 24.3 Å². The predicted octanol–water partition coefficient (Wildman–Crippen LogP) is 1.01. The first-order valence-electron chi connectivity index (χ1n) is 7.11. The summed E-state index contributed by atoms with van der Waals surface area (Å²) in [6, 6.07) is 8.84. The summed E-state index contributed by atoms with van der Waals surface area (Å²) in [4.78, 5) is 13.9. The van der Waals surface area contributed by atoms with Crippen LogP contribution >= 0.6 is 0 Å². The second-order valence-electron chi connectivity index (χ2n) is 5.49. The van der Waals surface area contributed by atoms with Crippen LogP contribution in [0.4, 0.5) is 5.69 Å². The van der Waals surface area contributed by atoms with Crippen LogP contribution in [0.3, 0.4) is 0 Å². The van der Waals surface area contributed by atoms with Crippen LogP contribution in [0.2, 0.25) is 0 Å². The molecule has 0 saturated carbocycles. The van der Waals surface area contributed by atoms with Gasteiger partial charge in [0.1, 0.15) is 6.07 Å². The number of benzene rings is 1. The van der Waals surface area contributed by atoms with Crippen molar-refractivity contribution in [3.05, 3.63) is 29.8 Å². The Morgan fingerprint density at radius 1 is 1.45 bits per heavy atom. The molecule has 0 aromatic heterocycles. The number of hydrogen-bond acceptors (Lipinski definition) is 5. The average molecular weight is 321 g/mol. The van der Waals surface area contributed by atoms with Crippen LogP contribution in [0.5, 0.6) is 0 Å². The van der Waals surface area contributed by atoms with E-state index >= 15 is 0 Å². The Balaban J connectivity index is 1.84. The minimum absolute atomic E-state index is 0.0100. The molecule has 1 aliphatic heterocycles. The molecule has 2 rings (SSSR count). The van der Waals surface area contributed by atoms with E-state index in [1.807, 2.05) is 18.0 Å². The molecule has 1 amide bonds. The van der Waals surface area contributed by atoms with Gasteiger partial charge in [-0.15, -0.1) is 0 Å². The topological polar surface area (TPSA) is 90.3 Å². The van der Waals surface area contributed by atoms with E-state index in [0.29, 0.717) is 24.2 Å². The quantitative estimate of drug-likeness (QED) is 0.874. The summed E-state index contributed by atoms with van der Waals surface area (Å²) in [7, 11) is -1.08. The smallest absolute Gasteiger partial charge is 0.225 e. The van der Waals surface area contributed by atoms with Crippen LogP contribution < -0.4 is 5.32 Å². The van der Waals surface area contributed by atoms with E-state index in [-0.39, 0.29) is 29.9 Å². The Kier molecular flexibility index (Phi) is 5.16. The minimum Gasteiger partial charge on any atom is -0.325 e. The lowest BCUT2D eigenvalue weighted by molar-refractivity contribution is -0.116. The van der Waals surface area contributed by atoms with Gasteiger partial charge in [0.05, 0.1) is 22.8 Å². The maximum atomic E-state index is 12.0. The zero-order valence-corrected chi connectivity index (χ0v) is 13.3. The third kappa shape index (κ3) is 4.29. The summed E-state index contributed by atoms with van der Waals surface area (Å²) in [5.74, 6) is 0.210. The third-order valence-corrected chi connectivity index (χ3v) is 5.60. The van der Waals surface area contributed by atoms with Gasteiger partial charge in [-0.2, -0.15) is 5.26 Å². The minimum atomic E-state index is -2.91. The van der Waals surface area contributed by atoms with Gasteiger partial charge in [-0.1, -0.05) is 12.1 Å². The van der Waals surface area contributed by atoms with Gasteiger partial charge >= 0.3 is 0 Å². The number of anilines is 1. The number of para-hydroxylation sites is 1. The molecule has 1 heterocycles. The molecule has 0 radical (unpaired) electrons. The molecule has 1 aromatic rings. The Morgan fingerprint density at radius 2 is 2.18 bits per heavy atom. The predicted molar refractivity (Wildman–Crippen MR) is 84.1 cm³/mol. The summed E-state index contributed by atoms with van der Waals surface area (Å²) in [6.45, 7) is 0.487. The molecule has 1 aromatic carbocycles. The van der Waals surface area contributed by atoms with Crippen LogP contribution in [-0.2, 0) is 14.6 Å². The normalized spacial score (nSPS) is 19.8. The molecule has 0 aliphatic carbocycles. The van der Waals surface area contributed by atoms with Crippen molar-refractivity contribution in [2.75, 3.05) is 30.4 Å². The maximum Gasteiger partial charge on any atom is 0.225 e. The zero-order chi connectivity index (χ0) is 16.2. The second kappa shape index (κ2) is 6.90. The highest BCUT2D eigenvalue weighted by atomic mass is 32.2. The van der Waals surface area contributed by atoms with Crippen LogP contribution in [0.1, 0.15) is 18.4 Å². The van der Waals surface area contributed by atoms with Crippen molar-refractivity contribution < 1.29 is 13.2 Å². The maximum absolute atomic E-state index is 12.0. The lowest BCUT2D eigenvalue weighted by Crippen LogP contribution is -2.35. The molecule has 1 atom stereocenters. The molecule has 7 heteroatoms. The lowest BCUT2D eigenvalue weighted by atomic mass is 10.2. The first-order valence-corrected chi connectivity index (χ1v) is 8.93. The van der Waals surface area contributed by atoms with Crippen molar-refractivity contribution in [2.24, 2.45) is 0 Å². The van der Waals surface area contributed by atoms with E-state index in [1.165, 1.54) is 0 Å². The molecular weight excluding hydrogens is 302 g/mol. The standard InChI is InChI=1S/C15H19N3O3S/c1-18(13-7-9-22(20,21)11-13)8-6-15(19)17-14-5-3-2-4-12(14)10-16/h2-5,13H,6-9,11H2,1H3,(H,17,19). The Morgan fingerprint density at radius 3 is 2.82 bits per heavy atom. The Bertz CT molecular complexity index is 694. The molecule has 6 nitrogen and oxygen atoms in total. The van der Waals surface area contributed by atoms with Gasteiger partial charge in [-0.25, -0.2) is 8.42 Å². The fourth-order valence-corrected chi connectivity index (χ4v) is 4.29. The number of sulfone groups is 1. The Hall–Kier alpha value is -1.91. The van der Waals surface area contributed by atoms with Gasteiger partial charge in [0.15, 0.2) is 9.84 Å². The SMILES string of the molecule is CN(CCC(=O)Nc1ccccc1C#N)C1CCS(=O)(=O)C1. The molecule has 22 heavy (non-hydrogen) atoms. The number of rotatable bonds is 5. The van der Waals surface area contributed by atoms with Crippen LogP contribution in [0, 0.1) is 11.3 Å². The number of nitriles is 1. The van der Waals surface area contributed by atoms with Crippen molar-refractivity contribution in [1.82, 2.24) is 4.90 Å². The summed E-state index contributed by atoms with van der Waals surface area (Å²) >= 11 is 0. The highest BCUT2D eigenvalue weighted by Crippen LogP contribution is 2.17. The molecule has 118 valence electrons. The number of nitrogens with zero attached hydrogens (tertiary/aromatic N) is 2. The van der Waals surface area contributed by atoms with Crippen molar-refractivity contribution in [2.45, 2.75) is 18.9 Å². The van der Waals surface area contributed by atoms with E-state index in [4.69, 9.17) is 5.26 Å². The van der Waals surface area contributed by atoms with Gasteiger partial charge in [0, 0.05) is 19.0 Å². The largest absolute Gasteiger partial charge is 0.325 e. The monoisotopic (exact) mass is 321 g/mol. The van der Waals surface area contributed by atoms with Crippen LogP contribution in [-0.4, -0.2) is 50.4 Å². The highest BCUT2D eigenvalue weighted by molar-refractivity contribution is 7.91. The van der Waals surface area contributed by atoms with Crippen molar-refractivity contribution in [3.63, 3.8) is 0 Å². The van der Waals surface area contributed by atoms with Gasteiger partial charge in [-0.3, -0.25) is 4.79 Å². The molecule has 1 unspecified atom stereocenters. The number of hydrogen-bond donors (Lipinski definition) is 1. The van der Waals surface area contributed by atoms with E-state index in [0.717, 1.165) is 0 Å². The average Bonchev–Trinajstić information content (AvgIpc) is 2.85. The van der Waals surface area contributed by atoms with E-state index < -0.39 is 9.84 Å². The van der Waals surface area contributed by atoms with Gasteiger partial charge in [0.25, 0.3) is 0 Å². The first kappa shape index (κ1) is 16.5. The lowest BCUT2D eigenvalue weighted by Gasteiger charge is -2.22. The summed E-state index contributed by atoms with van der Waals surface area (Å²) in [5, 5.41) is 11.7. The van der Waals surface area contributed by atoms with Gasteiger partial charge in [-0.05, 0) is 25.6 Å². The van der Waals surface area contributed by atoms with Crippen molar-refractivity contribution in [1.29, 1.82) is 5.26 Å². The van der Waals surface area contributed by atoms with Gasteiger partial charge in [0.2, 0.25) is 5.91 Å². The molecule has 0 spiro atoms.